The van der Waals surface area contributed by atoms with E-state index in [0.29, 0.717) is 0 Å². The van der Waals surface area contributed by atoms with Gasteiger partial charge in [-0.1, -0.05) is 87.7 Å². The van der Waals surface area contributed by atoms with E-state index < -0.39 is 0 Å². The topological polar surface area (TPSA) is 24.1 Å². The molecule has 0 radical (unpaired) electrons. The Hall–Kier alpha value is -3.52. The molecule has 1 aliphatic carbocycles. The Balaban J connectivity index is 1.69. The summed E-state index contributed by atoms with van der Waals surface area (Å²) in [6, 6.07) is 16.7. The normalized spacial score (nSPS) is 20.2. The van der Waals surface area contributed by atoms with Gasteiger partial charge < -0.3 is 10.6 Å². The first kappa shape index (κ1) is 20.7. The third kappa shape index (κ3) is 3.94. The third-order valence-corrected chi connectivity index (χ3v) is 6.12. The van der Waals surface area contributed by atoms with E-state index in [-0.39, 0.29) is 5.41 Å². The van der Waals surface area contributed by atoms with Crippen molar-refractivity contribution in [3.8, 4) is 0 Å². The lowest BCUT2D eigenvalue weighted by molar-refractivity contribution is 0.569. The summed E-state index contributed by atoms with van der Waals surface area (Å²) < 4.78 is 0. The van der Waals surface area contributed by atoms with Crippen LogP contribution in [0.4, 0.5) is 5.69 Å². The molecule has 0 spiro atoms. The Bertz CT molecular complexity index is 1170. The standard InChI is InChI=1S/C29H30N2/c1-19-15-16-25-21(3)26-14-10-11-23(22(4)31-24-12-8-7-9-13-24)18-20(2)30-28(26)29(5,6)27(25)17-19/h7-13,15-18,30-31H,2-4,14H2,1,5-6H3/b11-10-,23-18+. The van der Waals surface area contributed by atoms with E-state index in [4.69, 9.17) is 0 Å². The van der Waals surface area contributed by atoms with E-state index in [9.17, 15) is 0 Å². The van der Waals surface area contributed by atoms with Crippen molar-refractivity contribution in [3.63, 3.8) is 0 Å². The number of anilines is 1. The van der Waals surface area contributed by atoms with Crippen LogP contribution in [0.25, 0.3) is 5.57 Å². The lowest BCUT2D eigenvalue weighted by Crippen LogP contribution is -2.35. The Morgan fingerprint density at radius 2 is 1.81 bits per heavy atom. The van der Waals surface area contributed by atoms with Gasteiger partial charge in [-0.15, -0.1) is 0 Å². The fourth-order valence-corrected chi connectivity index (χ4v) is 4.41. The number of para-hydroxylation sites is 1. The van der Waals surface area contributed by atoms with Crippen LogP contribution in [-0.2, 0) is 5.41 Å². The van der Waals surface area contributed by atoms with Crippen LogP contribution < -0.4 is 10.6 Å². The minimum atomic E-state index is -0.174. The Kier molecular flexibility index (Phi) is 5.32. The average Bonchev–Trinajstić information content (AvgIpc) is 2.82. The first-order chi connectivity index (χ1) is 14.8. The van der Waals surface area contributed by atoms with Crippen LogP contribution in [-0.4, -0.2) is 0 Å². The molecule has 2 heteroatoms. The molecule has 2 aromatic rings. The molecule has 0 fully saturated rings. The number of rotatable bonds is 3. The number of aryl methyl sites for hydroxylation is 1. The number of fused-ring (bicyclic) bond motifs is 1. The Morgan fingerprint density at radius 1 is 1.06 bits per heavy atom. The molecule has 0 unspecified atom stereocenters. The number of allylic oxidation sites excluding steroid dienone is 6. The predicted molar refractivity (Wildman–Crippen MR) is 134 cm³/mol. The molecule has 2 aromatic carbocycles. The van der Waals surface area contributed by atoms with E-state index in [1.807, 2.05) is 30.3 Å². The second-order valence-corrected chi connectivity index (χ2v) is 8.83. The van der Waals surface area contributed by atoms with Crippen LogP contribution >= 0.6 is 0 Å². The zero-order valence-electron chi connectivity index (χ0n) is 18.7. The van der Waals surface area contributed by atoms with Crippen molar-refractivity contribution in [1.82, 2.24) is 5.32 Å². The molecule has 4 rings (SSSR count). The molecule has 1 aliphatic heterocycles. The maximum absolute atomic E-state index is 4.46. The maximum Gasteiger partial charge on any atom is 0.0385 e. The van der Waals surface area contributed by atoms with Crippen molar-refractivity contribution in [3.05, 3.63) is 131 Å². The summed E-state index contributed by atoms with van der Waals surface area (Å²) in [5.74, 6) is 0. The van der Waals surface area contributed by atoms with E-state index in [0.717, 1.165) is 34.6 Å². The number of benzene rings is 2. The van der Waals surface area contributed by atoms with Crippen molar-refractivity contribution in [1.29, 1.82) is 0 Å². The molecule has 156 valence electrons. The van der Waals surface area contributed by atoms with E-state index >= 15 is 0 Å². The van der Waals surface area contributed by atoms with Crippen LogP contribution in [0.2, 0.25) is 0 Å². The first-order valence-corrected chi connectivity index (χ1v) is 10.7. The van der Waals surface area contributed by atoms with Crippen molar-refractivity contribution in [2.75, 3.05) is 5.32 Å². The minimum Gasteiger partial charge on any atom is -0.358 e. The fraction of sp³-hybridized carbons (Fsp3) is 0.172. The molecular weight excluding hydrogens is 376 g/mol. The molecule has 2 aliphatic rings. The Labute approximate surface area is 186 Å². The highest BCUT2D eigenvalue weighted by molar-refractivity contribution is 5.85. The quantitative estimate of drug-likeness (QED) is 0.564. The van der Waals surface area contributed by atoms with Crippen molar-refractivity contribution in [2.45, 2.75) is 32.6 Å². The number of hydrogen-bond acceptors (Lipinski definition) is 2. The van der Waals surface area contributed by atoms with E-state index in [1.54, 1.807) is 0 Å². The smallest absolute Gasteiger partial charge is 0.0385 e. The second-order valence-electron chi connectivity index (χ2n) is 8.83. The fourth-order valence-electron chi connectivity index (χ4n) is 4.41. The molecule has 2 N–H and O–H groups in total. The lowest BCUT2D eigenvalue weighted by atomic mass is 9.69. The van der Waals surface area contributed by atoms with Gasteiger partial charge >= 0.3 is 0 Å². The maximum atomic E-state index is 4.46. The summed E-state index contributed by atoms with van der Waals surface area (Å²) in [6.45, 7) is 19.7. The van der Waals surface area contributed by atoms with E-state index in [2.05, 4.69) is 87.6 Å². The van der Waals surface area contributed by atoms with Gasteiger partial charge in [-0.3, -0.25) is 0 Å². The summed E-state index contributed by atoms with van der Waals surface area (Å²) in [5.41, 5.74) is 10.8. The summed E-state index contributed by atoms with van der Waals surface area (Å²) >= 11 is 0. The molecule has 1 heterocycles. The molecule has 2 nitrogen and oxygen atoms in total. The van der Waals surface area contributed by atoms with Gasteiger partial charge in [0.15, 0.2) is 0 Å². The molecule has 0 saturated heterocycles. The molecule has 0 aromatic heterocycles. The average molecular weight is 407 g/mol. The van der Waals surface area contributed by atoms with Gasteiger partial charge in [-0.25, -0.2) is 0 Å². The van der Waals surface area contributed by atoms with Crippen LogP contribution in [0.3, 0.4) is 0 Å². The van der Waals surface area contributed by atoms with Crippen LogP contribution in [0.5, 0.6) is 0 Å². The molecule has 0 saturated carbocycles. The zero-order chi connectivity index (χ0) is 22.2. The van der Waals surface area contributed by atoms with Gasteiger partial charge in [0.05, 0.1) is 0 Å². The second kappa shape index (κ2) is 7.96. The van der Waals surface area contributed by atoms with Crippen LogP contribution in [0, 0.1) is 6.92 Å². The number of nitrogens with one attached hydrogen (secondary N) is 2. The highest BCUT2D eigenvalue weighted by atomic mass is 14.9. The zero-order valence-corrected chi connectivity index (χ0v) is 18.7. The van der Waals surface area contributed by atoms with Gasteiger partial charge in [-0.2, -0.15) is 0 Å². The summed E-state index contributed by atoms with van der Waals surface area (Å²) in [7, 11) is 0. The van der Waals surface area contributed by atoms with Crippen molar-refractivity contribution in [2.24, 2.45) is 0 Å². The highest BCUT2D eigenvalue weighted by Crippen LogP contribution is 2.46. The third-order valence-electron chi connectivity index (χ3n) is 6.12. The number of hydrogen-bond donors (Lipinski definition) is 2. The van der Waals surface area contributed by atoms with Gasteiger partial charge in [0.25, 0.3) is 0 Å². The molecule has 0 bridgehead atoms. The van der Waals surface area contributed by atoms with Crippen molar-refractivity contribution >= 4 is 11.3 Å². The van der Waals surface area contributed by atoms with Crippen LogP contribution in [0.1, 0.15) is 37.0 Å². The molecule has 31 heavy (non-hydrogen) atoms. The predicted octanol–water partition coefficient (Wildman–Crippen LogP) is 7.17. The minimum absolute atomic E-state index is 0.174. The van der Waals surface area contributed by atoms with E-state index in [1.165, 1.54) is 28.0 Å². The molecular formula is C29H30N2. The largest absolute Gasteiger partial charge is 0.358 e. The van der Waals surface area contributed by atoms with Gasteiger partial charge in [0.1, 0.15) is 0 Å². The first-order valence-electron chi connectivity index (χ1n) is 10.7. The SMILES string of the molecule is C=C1/C=C(C(=C)Nc2ccccc2)\C=C/CC2=C(N1)C(C)(C)c1cc(C)ccc1C2=C. The Morgan fingerprint density at radius 3 is 2.55 bits per heavy atom. The summed E-state index contributed by atoms with van der Waals surface area (Å²) in [4.78, 5) is 0. The summed E-state index contributed by atoms with van der Waals surface area (Å²) in [5, 5.41) is 7.02. The van der Waals surface area contributed by atoms with Gasteiger partial charge in [0.2, 0.25) is 0 Å². The molecule has 0 amide bonds. The van der Waals surface area contributed by atoms with Gasteiger partial charge in [0, 0.05) is 28.2 Å². The van der Waals surface area contributed by atoms with Gasteiger partial charge in [-0.05, 0) is 59.4 Å². The van der Waals surface area contributed by atoms with Crippen molar-refractivity contribution < 1.29 is 0 Å². The molecule has 0 atom stereocenters. The monoisotopic (exact) mass is 406 g/mol. The summed E-state index contributed by atoms with van der Waals surface area (Å²) in [6.07, 6.45) is 7.15. The lowest BCUT2D eigenvalue weighted by Gasteiger charge is -2.39. The highest BCUT2D eigenvalue weighted by Gasteiger charge is 2.36. The van der Waals surface area contributed by atoms with Crippen LogP contribution in [0.15, 0.2) is 115 Å².